The number of aromatic nitrogens is 2. The fraction of sp³-hybridized carbons (Fsp3) is 0.150. The fourth-order valence-electron chi connectivity index (χ4n) is 3.07. The Morgan fingerprint density at radius 2 is 1.96 bits per heavy atom. The molecule has 5 nitrogen and oxygen atoms in total. The SMILES string of the molecule is Cc1cc(C)c2sc(NC(=O)c3c(-c4ccccc4Cl)noc3C)nc2c1. The molecule has 0 atom stereocenters. The maximum absolute atomic E-state index is 12.9. The van der Waals surface area contributed by atoms with Crippen molar-refractivity contribution >= 4 is 44.2 Å². The van der Waals surface area contributed by atoms with Crippen LogP contribution in [0.4, 0.5) is 5.13 Å². The highest BCUT2D eigenvalue weighted by molar-refractivity contribution is 7.22. The van der Waals surface area contributed by atoms with Crippen LogP contribution in [0.2, 0.25) is 5.02 Å². The molecule has 0 spiro atoms. The standard InChI is InChI=1S/C20H16ClN3O2S/c1-10-8-11(2)18-15(9-10)22-20(27-18)23-19(25)16-12(3)26-24-17(16)13-6-4-5-7-14(13)21/h4-9H,1-3H3,(H,22,23,25). The van der Waals surface area contributed by atoms with E-state index in [2.05, 4.69) is 21.5 Å². The first-order chi connectivity index (χ1) is 12.9. The number of carbonyl (C=O) groups excluding carboxylic acids is 1. The van der Waals surface area contributed by atoms with Crippen LogP contribution in [0.25, 0.3) is 21.5 Å². The van der Waals surface area contributed by atoms with Crippen LogP contribution < -0.4 is 5.32 Å². The summed E-state index contributed by atoms with van der Waals surface area (Å²) in [5, 5.41) is 7.96. The predicted molar refractivity (Wildman–Crippen MR) is 109 cm³/mol. The molecule has 136 valence electrons. The summed E-state index contributed by atoms with van der Waals surface area (Å²) in [6, 6.07) is 11.3. The van der Waals surface area contributed by atoms with E-state index < -0.39 is 0 Å². The minimum atomic E-state index is -0.322. The van der Waals surface area contributed by atoms with Crippen LogP contribution in [0.5, 0.6) is 0 Å². The van der Waals surface area contributed by atoms with E-state index in [0.29, 0.717) is 32.7 Å². The van der Waals surface area contributed by atoms with E-state index in [0.717, 1.165) is 21.3 Å². The van der Waals surface area contributed by atoms with Gasteiger partial charge in [-0.3, -0.25) is 10.1 Å². The molecule has 2 aromatic carbocycles. The van der Waals surface area contributed by atoms with E-state index >= 15 is 0 Å². The summed E-state index contributed by atoms with van der Waals surface area (Å²) in [5.74, 6) is 0.104. The van der Waals surface area contributed by atoms with Crippen LogP contribution in [-0.4, -0.2) is 16.0 Å². The molecule has 0 saturated carbocycles. The molecule has 1 N–H and O–H groups in total. The van der Waals surface area contributed by atoms with Gasteiger partial charge in [0.05, 0.1) is 15.2 Å². The van der Waals surface area contributed by atoms with Gasteiger partial charge in [0.25, 0.3) is 5.91 Å². The number of carbonyl (C=O) groups is 1. The van der Waals surface area contributed by atoms with Gasteiger partial charge in [-0.2, -0.15) is 0 Å². The molecule has 4 aromatic rings. The van der Waals surface area contributed by atoms with Crippen LogP contribution in [-0.2, 0) is 0 Å². The molecule has 0 fully saturated rings. The quantitative estimate of drug-likeness (QED) is 0.475. The lowest BCUT2D eigenvalue weighted by molar-refractivity contribution is 0.102. The zero-order valence-electron chi connectivity index (χ0n) is 15.0. The van der Waals surface area contributed by atoms with Crippen molar-refractivity contribution < 1.29 is 9.32 Å². The van der Waals surface area contributed by atoms with Gasteiger partial charge in [0, 0.05) is 5.56 Å². The third-order valence-electron chi connectivity index (χ3n) is 4.26. The number of anilines is 1. The smallest absolute Gasteiger partial charge is 0.263 e. The Hall–Kier alpha value is -2.70. The molecule has 2 heterocycles. The molecule has 1 amide bonds. The molecule has 7 heteroatoms. The van der Waals surface area contributed by atoms with Crippen molar-refractivity contribution in [3.05, 3.63) is 63.9 Å². The largest absolute Gasteiger partial charge is 0.360 e. The number of amides is 1. The second-order valence-electron chi connectivity index (χ2n) is 6.35. The Balaban J connectivity index is 1.72. The van der Waals surface area contributed by atoms with E-state index in [1.807, 2.05) is 32.0 Å². The number of nitrogens with one attached hydrogen (secondary N) is 1. The minimum Gasteiger partial charge on any atom is -0.360 e. The van der Waals surface area contributed by atoms with Crippen molar-refractivity contribution in [2.75, 3.05) is 5.32 Å². The number of rotatable bonds is 3. The highest BCUT2D eigenvalue weighted by Gasteiger charge is 2.24. The van der Waals surface area contributed by atoms with Crippen molar-refractivity contribution in [2.24, 2.45) is 0 Å². The van der Waals surface area contributed by atoms with Gasteiger partial charge in [0.15, 0.2) is 5.13 Å². The number of aryl methyl sites for hydroxylation is 3. The summed E-state index contributed by atoms with van der Waals surface area (Å²) in [6.45, 7) is 5.77. The maximum Gasteiger partial charge on any atom is 0.263 e. The molecule has 0 saturated heterocycles. The molecule has 27 heavy (non-hydrogen) atoms. The average Bonchev–Trinajstić information content (AvgIpc) is 3.18. The van der Waals surface area contributed by atoms with Gasteiger partial charge in [0.2, 0.25) is 0 Å². The van der Waals surface area contributed by atoms with Crippen molar-refractivity contribution in [1.29, 1.82) is 0 Å². The first kappa shape index (κ1) is 17.7. The molecule has 0 bridgehead atoms. The number of nitrogens with zero attached hydrogens (tertiary/aromatic N) is 2. The number of halogens is 1. The van der Waals surface area contributed by atoms with E-state index in [-0.39, 0.29) is 5.91 Å². The summed E-state index contributed by atoms with van der Waals surface area (Å²) in [7, 11) is 0. The van der Waals surface area contributed by atoms with Gasteiger partial charge in [-0.25, -0.2) is 4.98 Å². The Kier molecular flexibility index (Phi) is 4.45. The van der Waals surface area contributed by atoms with E-state index in [1.165, 1.54) is 11.3 Å². The van der Waals surface area contributed by atoms with E-state index in [9.17, 15) is 4.79 Å². The molecule has 0 aliphatic rings. The maximum atomic E-state index is 12.9. The van der Waals surface area contributed by atoms with E-state index in [4.69, 9.17) is 16.1 Å². The highest BCUT2D eigenvalue weighted by Crippen LogP contribution is 2.33. The van der Waals surface area contributed by atoms with Crippen molar-refractivity contribution in [1.82, 2.24) is 10.1 Å². The van der Waals surface area contributed by atoms with Gasteiger partial charge in [-0.1, -0.05) is 52.4 Å². The van der Waals surface area contributed by atoms with Crippen LogP contribution >= 0.6 is 22.9 Å². The Bertz CT molecular complexity index is 1180. The minimum absolute atomic E-state index is 0.322. The zero-order chi connectivity index (χ0) is 19.1. The molecular weight excluding hydrogens is 382 g/mol. The highest BCUT2D eigenvalue weighted by atomic mass is 35.5. The molecular formula is C20H16ClN3O2S. The average molecular weight is 398 g/mol. The van der Waals surface area contributed by atoms with Crippen LogP contribution in [0.3, 0.4) is 0 Å². The van der Waals surface area contributed by atoms with Crippen molar-refractivity contribution in [2.45, 2.75) is 20.8 Å². The first-order valence-electron chi connectivity index (χ1n) is 8.34. The Labute approximate surface area is 165 Å². The molecule has 0 aliphatic carbocycles. The summed E-state index contributed by atoms with van der Waals surface area (Å²) in [4.78, 5) is 17.5. The predicted octanol–water partition coefficient (Wildman–Crippen LogP) is 5.78. The third kappa shape index (κ3) is 3.22. The third-order valence-corrected chi connectivity index (χ3v) is 5.71. The normalized spacial score (nSPS) is 11.1. The lowest BCUT2D eigenvalue weighted by Crippen LogP contribution is -2.13. The second-order valence-corrected chi connectivity index (χ2v) is 7.75. The number of benzene rings is 2. The molecule has 0 radical (unpaired) electrons. The van der Waals surface area contributed by atoms with Crippen molar-refractivity contribution in [3.63, 3.8) is 0 Å². The van der Waals surface area contributed by atoms with Gasteiger partial charge < -0.3 is 4.52 Å². The molecule has 4 rings (SSSR count). The van der Waals surface area contributed by atoms with E-state index in [1.54, 1.807) is 19.1 Å². The Morgan fingerprint density at radius 3 is 2.74 bits per heavy atom. The monoisotopic (exact) mass is 397 g/mol. The van der Waals surface area contributed by atoms with Gasteiger partial charge in [-0.05, 0) is 44.0 Å². The van der Waals surface area contributed by atoms with Crippen molar-refractivity contribution in [3.8, 4) is 11.3 Å². The molecule has 0 unspecified atom stereocenters. The van der Waals surface area contributed by atoms with Gasteiger partial charge in [0.1, 0.15) is 17.0 Å². The number of hydrogen-bond donors (Lipinski definition) is 1. The summed E-state index contributed by atoms with van der Waals surface area (Å²) in [6.07, 6.45) is 0. The number of hydrogen-bond acceptors (Lipinski definition) is 5. The Morgan fingerprint density at radius 1 is 1.19 bits per heavy atom. The fourth-order valence-corrected chi connectivity index (χ4v) is 4.20. The number of thiazole rings is 1. The molecule has 2 aromatic heterocycles. The van der Waals surface area contributed by atoms with Crippen LogP contribution in [0.1, 0.15) is 27.2 Å². The van der Waals surface area contributed by atoms with Gasteiger partial charge >= 0.3 is 0 Å². The summed E-state index contributed by atoms with van der Waals surface area (Å²) < 4.78 is 6.33. The first-order valence-corrected chi connectivity index (χ1v) is 9.54. The van der Waals surface area contributed by atoms with Crippen LogP contribution in [0, 0.1) is 20.8 Å². The summed E-state index contributed by atoms with van der Waals surface area (Å²) >= 11 is 7.72. The lowest BCUT2D eigenvalue weighted by atomic mass is 10.1. The second kappa shape index (κ2) is 6.79. The summed E-state index contributed by atoms with van der Waals surface area (Å²) in [5.41, 5.74) is 4.58. The van der Waals surface area contributed by atoms with Crippen LogP contribution in [0.15, 0.2) is 40.9 Å². The number of fused-ring (bicyclic) bond motifs is 1. The molecule has 0 aliphatic heterocycles. The topological polar surface area (TPSA) is 68.0 Å². The zero-order valence-corrected chi connectivity index (χ0v) is 16.5. The lowest BCUT2D eigenvalue weighted by Gasteiger charge is -2.04. The van der Waals surface area contributed by atoms with Gasteiger partial charge in [-0.15, -0.1) is 0 Å².